The van der Waals surface area contributed by atoms with Gasteiger partial charge in [-0.2, -0.15) is 0 Å². The van der Waals surface area contributed by atoms with E-state index in [-0.39, 0.29) is 11.7 Å². The van der Waals surface area contributed by atoms with Gasteiger partial charge in [0, 0.05) is 43.0 Å². The molecule has 162 valence electrons. The van der Waals surface area contributed by atoms with Crippen LogP contribution in [0.2, 0.25) is 0 Å². The molecule has 1 atom stereocenters. The molecule has 31 heavy (non-hydrogen) atoms. The summed E-state index contributed by atoms with van der Waals surface area (Å²) in [7, 11) is 0. The molecular formula is C24H28N4O2S. The van der Waals surface area contributed by atoms with Crippen LogP contribution >= 0.6 is 12.2 Å². The van der Waals surface area contributed by atoms with Gasteiger partial charge in [0.05, 0.1) is 18.2 Å². The highest BCUT2D eigenvalue weighted by Crippen LogP contribution is 2.20. The molecule has 2 aromatic heterocycles. The number of thiocarbonyl (C=S) groups is 1. The fourth-order valence-corrected chi connectivity index (χ4v) is 4.18. The molecule has 1 saturated heterocycles. The van der Waals surface area contributed by atoms with E-state index in [1.165, 1.54) is 0 Å². The van der Waals surface area contributed by atoms with Crippen LogP contribution in [0.1, 0.15) is 35.1 Å². The quantitative estimate of drug-likeness (QED) is 0.576. The van der Waals surface area contributed by atoms with Gasteiger partial charge in [-0.1, -0.05) is 18.2 Å². The van der Waals surface area contributed by atoms with Crippen molar-refractivity contribution in [2.45, 2.75) is 45.9 Å². The third-order valence-electron chi connectivity index (χ3n) is 5.77. The van der Waals surface area contributed by atoms with Crippen molar-refractivity contribution in [1.29, 1.82) is 0 Å². The minimum Gasteiger partial charge on any atom is -0.376 e. The van der Waals surface area contributed by atoms with Crippen molar-refractivity contribution in [3.05, 3.63) is 75.3 Å². The molecule has 0 aliphatic carbocycles. The molecule has 1 aliphatic heterocycles. The average Bonchev–Trinajstić information content (AvgIpc) is 3.29. The van der Waals surface area contributed by atoms with Crippen LogP contribution in [0.25, 0.3) is 10.9 Å². The second-order valence-electron chi connectivity index (χ2n) is 8.15. The summed E-state index contributed by atoms with van der Waals surface area (Å²) in [6, 6.07) is 10.0. The van der Waals surface area contributed by atoms with Crippen LogP contribution in [0, 0.1) is 13.8 Å². The van der Waals surface area contributed by atoms with Gasteiger partial charge in [-0.25, -0.2) is 0 Å². The molecule has 1 fully saturated rings. The fourth-order valence-electron chi connectivity index (χ4n) is 3.97. The van der Waals surface area contributed by atoms with Crippen LogP contribution in [0.3, 0.4) is 0 Å². The van der Waals surface area contributed by atoms with Crippen LogP contribution in [-0.2, 0) is 17.8 Å². The van der Waals surface area contributed by atoms with E-state index in [0.717, 1.165) is 47.0 Å². The second kappa shape index (κ2) is 9.58. The number of aryl methyl sites for hydroxylation is 2. The molecule has 0 saturated carbocycles. The number of nitrogens with one attached hydrogen (secondary N) is 2. The number of hydrogen-bond donors (Lipinski definition) is 2. The highest BCUT2D eigenvalue weighted by atomic mass is 32.1. The number of benzene rings is 1. The lowest BCUT2D eigenvalue weighted by molar-refractivity contribution is 0.113. The monoisotopic (exact) mass is 436 g/mol. The Morgan fingerprint density at radius 3 is 2.87 bits per heavy atom. The second-order valence-corrected chi connectivity index (χ2v) is 8.54. The topological polar surface area (TPSA) is 70.2 Å². The molecule has 0 bridgehead atoms. The highest BCUT2D eigenvalue weighted by molar-refractivity contribution is 7.80. The zero-order valence-corrected chi connectivity index (χ0v) is 18.8. The maximum Gasteiger partial charge on any atom is 0.253 e. The molecule has 6 nitrogen and oxygen atoms in total. The number of nitrogens with zero attached hydrogens (tertiary/aromatic N) is 2. The SMILES string of the molecule is Cc1ccc(C)c2[nH]c(=O)c(CN(Cc3cccnc3)C(=S)NCC3CCCO3)cc12. The maximum absolute atomic E-state index is 12.9. The van der Waals surface area contributed by atoms with Crippen LogP contribution in [0.4, 0.5) is 0 Å². The van der Waals surface area contributed by atoms with Crippen molar-refractivity contribution in [1.82, 2.24) is 20.2 Å². The van der Waals surface area contributed by atoms with Gasteiger partial charge in [-0.3, -0.25) is 9.78 Å². The lowest BCUT2D eigenvalue weighted by Crippen LogP contribution is -2.42. The summed E-state index contributed by atoms with van der Waals surface area (Å²) in [5.74, 6) is 0. The Hall–Kier alpha value is -2.77. The minimum absolute atomic E-state index is 0.0840. The molecule has 2 N–H and O–H groups in total. The molecule has 0 spiro atoms. The number of hydrogen-bond acceptors (Lipinski definition) is 4. The van der Waals surface area contributed by atoms with Crippen molar-refractivity contribution in [2.24, 2.45) is 0 Å². The molecule has 1 aliphatic rings. The minimum atomic E-state index is -0.0840. The number of aromatic nitrogens is 2. The van der Waals surface area contributed by atoms with E-state index >= 15 is 0 Å². The summed E-state index contributed by atoms with van der Waals surface area (Å²) in [5, 5.41) is 5.02. The van der Waals surface area contributed by atoms with Crippen LogP contribution < -0.4 is 10.9 Å². The predicted molar refractivity (Wildman–Crippen MR) is 127 cm³/mol. The average molecular weight is 437 g/mol. The third kappa shape index (κ3) is 5.11. The molecule has 4 rings (SSSR count). The lowest BCUT2D eigenvalue weighted by atomic mass is 10.0. The van der Waals surface area contributed by atoms with E-state index in [2.05, 4.69) is 28.3 Å². The van der Waals surface area contributed by atoms with Gasteiger partial charge < -0.3 is 19.9 Å². The van der Waals surface area contributed by atoms with E-state index in [9.17, 15) is 4.79 Å². The number of rotatable bonds is 6. The Balaban J connectivity index is 1.60. The van der Waals surface area contributed by atoms with E-state index < -0.39 is 0 Å². The number of pyridine rings is 2. The Labute approximate surface area is 187 Å². The fraction of sp³-hybridized carbons (Fsp3) is 0.375. The van der Waals surface area contributed by atoms with Crippen LogP contribution in [0.5, 0.6) is 0 Å². The Morgan fingerprint density at radius 2 is 2.13 bits per heavy atom. The van der Waals surface area contributed by atoms with E-state index in [1.807, 2.05) is 42.3 Å². The van der Waals surface area contributed by atoms with Crippen molar-refractivity contribution in [3.63, 3.8) is 0 Å². The molecule has 1 unspecified atom stereocenters. The zero-order valence-electron chi connectivity index (χ0n) is 18.0. The zero-order chi connectivity index (χ0) is 21.8. The Bertz CT molecular complexity index is 1120. The highest BCUT2D eigenvalue weighted by Gasteiger charge is 2.19. The summed E-state index contributed by atoms with van der Waals surface area (Å²) >= 11 is 5.72. The molecule has 0 radical (unpaired) electrons. The lowest BCUT2D eigenvalue weighted by Gasteiger charge is -2.27. The molecule has 0 amide bonds. The third-order valence-corrected chi connectivity index (χ3v) is 6.17. The van der Waals surface area contributed by atoms with Crippen molar-refractivity contribution >= 4 is 28.2 Å². The first-order valence-corrected chi connectivity index (χ1v) is 11.1. The summed E-state index contributed by atoms with van der Waals surface area (Å²) < 4.78 is 5.71. The van der Waals surface area contributed by atoms with Gasteiger partial charge in [-0.15, -0.1) is 0 Å². The first-order chi connectivity index (χ1) is 15.0. The molecular weight excluding hydrogens is 408 g/mol. The largest absolute Gasteiger partial charge is 0.376 e. The van der Waals surface area contributed by atoms with E-state index in [4.69, 9.17) is 17.0 Å². The maximum atomic E-state index is 12.9. The Morgan fingerprint density at radius 1 is 1.29 bits per heavy atom. The smallest absolute Gasteiger partial charge is 0.253 e. The van der Waals surface area contributed by atoms with Crippen LogP contribution in [-0.4, -0.2) is 39.2 Å². The summed E-state index contributed by atoms with van der Waals surface area (Å²) in [5.41, 5.74) is 4.73. The summed E-state index contributed by atoms with van der Waals surface area (Å²) in [6.07, 6.45) is 5.90. The molecule has 7 heteroatoms. The van der Waals surface area contributed by atoms with E-state index in [1.54, 1.807) is 6.20 Å². The van der Waals surface area contributed by atoms with Crippen LogP contribution in [0.15, 0.2) is 47.5 Å². The number of H-pyrrole nitrogens is 1. The molecule has 3 aromatic rings. The van der Waals surface area contributed by atoms with Crippen molar-refractivity contribution in [3.8, 4) is 0 Å². The van der Waals surface area contributed by atoms with Gasteiger partial charge in [0.15, 0.2) is 5.11 Å². The van der Waals surface area contributed by atoms with Gasteiger partial charge in [-0.05, 0) is 67.7 Å². The van der Waals surface area contributed by atoms with Crippen molar-refractivity contribution < 1.29 is 4.74 Å². The first-order valence-electron chi connectivity index (χ1n) is 10.7. The molecule has 3 heterocycles. The van der Waals surface area contributed by atoms with Gasteiger partial charge >= 0.3 is 0 Å². The van der Waals surface area contributed by atoms with E-state index in [0.29, 0.717) is 30.3 Å². The van der Waals surface area contributed by atoms with Crippen molar-refractivity contribution in [2.75, 3.05) is 13.2 Å². The first kappa shape index (κ1) is 21.5. The molecule has 1 aromatic carbocycles. The van der Waals surface area contributed by atoms with Gasteiger partial charge in [0.25, 0.3) is 5.56 Å². The normalized spacial score (nSPS) is 15.9. The number of fused-ring (bicyclic) bond motifs is 1. The summed E-state index contributed by atoms with van der Waals surface area (Å²) in [6.45, 7) is 6.53. The van der Waals surface area contributed by atoms with Gasteiger partial charge in [0.2, 0.25) is 0 Å². The Kier molecular flexibility index (Phi) is 6.63. The summed E-state index contributed by atoms with van der Waals surface area (Å²) in [4.78, 5) is 22.2. The van der Waals surface area contributed by atoms with Gasteiger partial charge in [0.1, 0.15) is 0 Å². The number of ether oxygens (including phenoxy) is 1. The number of aromatic amines is 1. The standard InChI is InChI=1S/C24H28N4O2S/c1-16-7-8-17(2)22-21(16)11-19(23(29)27-22)15-28(14-18-5-3-9-25-12-18)24(31)26-13-20-6-4-10-30-20/h3,5,7-9,11-12,20H,4,6,10,13-15H2,1-2H3,(H,26,31)(H,27,29). The predicted octanol–water partition coefficient (Wildman–Crippen LogP) is 3.60.